The van der Waals surface area contributed by atoms with E-state index in [2.05, 4.69) is 23.3 Å². The van der Waals surface area contributed by atoms with Crippen molar-refractivity contribution in [3.8, 4) is 0 Å². The topological polar surface area (TPSA) is 24.9 Å². The molecule has 0 bridgehead atoms. The summed E-state index contributed by atoms with van der Waals surface area (Å²) < 4.78 is 0. The molecule has 2 nitrogen and oxygen atoms in total. The highest BCUT2D eigenvalue weighted by molar-refractivity contribution is 5.47. The second-order valence-electron chi connectivity index (χ2n) is 2.62. The summed E-state index contributed by atoms with van der Waals surface area (Å²) >= 11 is 0. The molecule has 0 unspecified atom stereocenters. The molecule has 1 rings (SSSR count). The van der Waals surface area contributed by atoms with E-state index in [0.717, 1.165) is 17.8 Å². The van der Waals surface area contributed by atoms with Crippen LogP contribution in [0.2, 0.25) is 0 Å². The van der Waals surface area contributed by atoms with Crippen LogP contribution in [0.3, 0.4) is 0 Å². The number of aryl methyl sites for hydroxylation is 1. The highest BCUT2D eigenvalue weighted by atomic mass is 14.8. The molecule has 1 heterocycles. The van der Waals surface area contributed by atoms with E-state index in [1.807, 2.05) is 31.5 Å². The third kappa shape index (κ3) is 2.74. The van der Waals surface area contributed by atoms with Crippen molar-refractivity contribution in [1.29, 1.82) is 0 Å². The molecule has 0 aliphatic rings. The van der Waals surface area contributed by atoms with Gasteiger partial charge >= 0.3 is 0 Å². The van der Waals surface area contributed by atoms with Crippen LogP contribution in [-0.2, 0) is 0 Å². The maximum atomic E-state index is 4.18. The monoisotopic (exact) mass is 162 g/mol. The molecule has 1 aromatic rings. The van der Waals surface area contributed by atoms with Crippen LogP contribution in [0.4, 0.5) is 0 Å². The van der Waals surface area contributed by atoms with Gasteiger partial charge in [-0.3, -0.25) is 4.98 Å². The van der Waals surface area contributed by atoms with E-state index in [-0.39, 0.29) is 0 Å². The third-order valence-electron chi connectivity index (χ3n) is 1.53. The Morgan fingerprint density at radius 1 is 1.50 bits per heavy atom. The van der Waals surface area contributed by atoms with Gasteiger partial charge in [-0.15, -0.1) is 0 Å². The van der Waals surface area contributed by atoms with Crippen molar-refractivity contribution in [2.75, 3.05) is 6.54 Å². The van der Waals surface area contributed by atoms with Crippen molar-refractivity contribution in [2.24, 2.45) is 0 Å². The van der Waals surface area contributed by atoms with E-state index >= 15 is 0 Å². The molecular weight excluding hydrogens is 148 g/mol. The van der Waals surface area contributed by atoms with Gasteiger partial charge in [0.1, 0.15) is 0 Å². The number of nitrogens with zero attached hydrogens (tertiary/aromatic N) is 1. The van der Waals surface area contributed by atoms with Gasteiger partial charge in [0.15, 0.2) is 0 Å². The third-order valence-corrected chi connectivity index (χ3v) is 1.53. The molecule has 0 amide bonds. The number of rotatable bonds is 3. The predicted molar refractivity (Wildman–Crippen MR) is 51.7 cm³/mol. The summed E-state index contributed by atoms with van der Waals surface area (Å²) in [6.45, 7) is 5.01. The fourth-order valence-electron chi connectivity index (χ4n) is 0.851. The van der Waals surface area contributed by atoms with Crippen molar-refractivity contribution in [3.63, 3.8) is 0 Å². The Morgan fingerprint density at radius 3 is 2.92 bits per heavy atom. The van der Waals surface area contributed by atoms with Gasteiger partial charge in [-0.1, -0.05) is 6.07 Å². The first-order chi connectivity index (χ1) is 5.83. The summed E-state index contributed by atoms with van der Waals surface area (Å²) in [6.07, 6.45) is 5.81. The quantitative estimate of drug-likeness (QED) is 0.735. The minimum atomic E-state index is 0.954. The minimum absolute atomic E-state index is 0.954. The maximum Gasteiger partial charge on any atom is 0.0373 e. The zero-order valence-electron chi connectivity index (χ0n) is 7.54. The van der Waals surface area contributed by atoms with Crippen LogP contribution in [0.5, 0.6) is 0 Å². The van der Waals surface area contributed by atoms with Crippen molar-refractivity contribution >= 4 is 6.08 Å². The molecular formula is C10H14N2. The van der Waals surface area contributed by atoms with Gasteiger partial charge in [-0.2, -0.15) is 0 Å². The summed E-state index contributed by atoms with van der Waals surface area (Å²) in [7, 11) is 0. The first kappa shape index (κ1) is 8.78. The second-order valence-corrected chi connectivity index (χ2v) is 2.62. The average molecular weight is 162 g/mol. The molecule has 0 fully saturated rings. The second kappa shape index (κ2) is 4.54. The molecule has 1 aromatic heterocycles. The van der Waals surface area contributed by atoms with E-state index in [1.165, 1.54) is 0 Å². The smallest absolute Gasteiger partial charge is 0.0373 e. The standard InChI is InChI=1S/C10H14N2/c1-3-11-7-6-10-5-4-9(2)12-8-10/h4-8,11H,3H2,1-2H3/b7-6-. The largest absolute Gasteiger partial charge is 0.391 e. The van der Waals surface area contributed by atoms with Gasteiger partial charge in [0.05, 0.1) is 0 Å². The van der Waals surface area contributed by atoms with Crippen LogP contribution in [0.1, 0.15) is 18.2 Å². The SMILES string of the molecule is CCN/C=C\c1ccc(C)nc1. The van der Waals surface area contributed by atoms with Crippen LogP contribution < -0.4 is 5.32 Å². The maximum absolute atomic E-state index is 4.18. The highest BCUT2D eigenvalue weighted by Crippen LogP contribution is 2.00. The van der Waals surface area contributed by atoms with Crippen molar-refractivity contribution in [1.82, 2.24) is 10.3 Å². The van der Waals surface area contributed by atoms with Crippen molar-refractivity contribution in [3.05, 3.63) is 35.8 Å². The van der Waals surface area contributed by atoms with Crippen LogP contribution in [0, 0.1) is 6.92 Å². The molecule has 0 aliphatic carbocycles. The summed E-state index contributed by atoms with van der Waals surface area (Å²) in [4.78, 5) is 4.18. The zero-order chi connectivity index (χ0) is 8.81. The molecule has 0 radical (unpaired) electrons. The summed E-state index contributed by atoms with van der Waals surface area (Å²) in [6, 6.07) is 4.06. The first-order valence-electron chi connectivity index (χ1n) is 4.15. The number of aromatic nitrogens is 1. The highest BCUT2D eigenvalue weighted by Gasteiger charge is 1.85. The summed E-state index contributed by atoms with van der Waals surface area (Å²) in [5, 5.41) is 3.10. The summed E-state index contributed by atoms with van der Waals surface area (Å²) in [5.41, 5.74) is 2.18. The lowest BCUT2D eigenvalue weighted by Crippen LogP contribution is -2.00. The molecule has 0 aromatic carbocycles. The molecule has 1 N–H and O–H groups in total. The fraction of sp³-hybridized carbons (Fsp3) is 0.300. The lowest BCUT2D eigenvalue weighted by Gasteiger charge is -1.94. The molecule has 64 valence electrons. The first-order valence-corrected chi connectivity index (χ1v) is 4.15. The van der Waals surface area contributed by atoms with E-state index < -0.39 is 0 Å². The van der Waals surface area contributed by atoms with Gasteiger partial charge in [0.2, 0.25) is 0 Å². The van der Waals surface area contributed by atoms with Gasteiger partial charge in [-0.05, 0) is 37.8 Å². The average Bonchev–Trinajstić information content (AvgIpc) is 2.09. The Hall–Kier alpha value is -1.31. The molecule has 0 atom stereocenters. The molecule has 12 heavy (non-hydrogen) atoms. The van der Waals surface area contributed by atoms with Crippen molar-refractivity contribution in [2.45, 2.75) is 13.8 Å². The van der Waals surface area contributed by atoms with Gasteiger partial charge in [-0.25, -0.2) is 0 Å². The molecule has 0 saturated heterocycles. The zero-order valence-corrected chi connectivity index (χ0v) is 7.54. The van der Waals surface area contributed by atoms with Crippen LogP contribution >= 0.6 is 0 Å². The Labute approximate surface area is 73.3 Å². The van der Waals surface area contributed by atoms with Crippen molar-refractivity contribution < 1.29 is 0 Å². The van der Waals surface area contributed by atoms with Crippen LogP contribution in [0.15, 0.2) is 24.5 Å². The summed E-state index contributed by atoms with van der Waals surface area (Å²) in [5.74, 6) is 0. The van der Waals surface area contributed by atoms with E-state index in [0.29, 0.717) is 0 Å². The Bertz CT molecular complexity index is 249. The van der Waals surface area contributed by atoms with E-state index in [4.69, 9.17) is 0 Å². The number of hydrogen-bond acceptors (Lipinski definition) is 2. The molecule has 0 spiro atoms. The number of nitrogens with one attached hydrogen (secondary N) is 1. The minimum Gasteiger partial charge on any atom is -0.391 e. The fourth-order valence-corrected chi connectivity index (χ4v) is 0.851. The van der Waals surface area contributed by atoms with Gasteiger partial charge in [0.25, 0.3) is 0 Å². The Balaban J connectivity index is 2.58. The van der Waals surface area contributed by atoms with Gasteiger partial charge < -0.3 is 5.32 Å². The Morgan fingerprint density at radius 2 is 2.33 bits per heavy atom. The van der Waals surface area contributed by atoms with Crippen LogP contribution in [-0.4, -0.2) is 11.5 Å². The number of hydrogen-bond donors (Lipinski definition) is 1. The lowest BCUT2D eigenvalue weighted by atomic mass is 10.2. The number of pyridine rings is 1. The Kier molecular flexibility index (Phi) is 3.33. The lowest BCUT2D eigenvalue weighted by molar-refractivity contribution is 0.924. The molecule has 0 saturated carbocycles. The van der Waals surface area contributed by atoms with E-state index in [1.54, 1.807) is 0 Å². The van der Waals surface area contributed by atoms with Crippen LogP contribution in [0.25, 0.3) is 6.08 Å². The molecule has 2 heteroatoms. The normalized spacial score (nSPS) is 10.5. The predicted octanol–water partition coefficient (Wildman–Crippen LogP) is 1.97. The van der Waals surface area contributed by atoms with Gasteiger partial charge in [0, 0.05) is 18.4 Å². The molecule has 0 aliphatic heterocycles. The van der Waals surface area contributed by atoms with E-state index in [9.17, 15) is 0 Å².